The lowest BCUT2D eigenvalue weighted by Crippen LogP contribution is -2.27. The molecule has 0 saturated heterocycles. The molecule has 37 heavy (non-hydrogen) atoms. The van der Waals surface area contributed by atoms with Crippen LogP contribution in [-0.4, -0.2) is 29.1 Å². The molecule has 202 valence electrons. The van der Waals surface area contributed by atoms with Gasteiger partial charge in [-0.15, -0.1) is 0 Å². The fourth-order valence-electron chi connectivity index (χ4n) is 3.65. The quantitative estimate of drug-likeness (QED) is 0.305. The Hall–Kier alpha value is -3.42. The van der Waals surface area contributed by atoms with Crippen LogP contribution in [0.1, 0.15) is 86.0 Å². The highest BCUT2D eigenvalue weighted by molar-refractivity contribution is 5.69. The number of hydrogen-bond donors (Lipinski definition) is 0. The van der Waals surface area contributed by atoms with E-state index in [0.717, 1.165) is 11.3 Å². The number of ether oxygens (including phenoxy) is 6. The maximum absolute atomic E-state index is 12.4. The normalized spacial score (nSPS) is 15.6. The van der Waals surface area contributed by atoms with Crippen LogP contribution in [0.15, 0.2) is 36.4 Å². The summed E-state index contributed by atoms with van der Waals surface area (Å²) in [6.07, 6.45) is -0.755. The molecule has 2 aromatic rings. The Kier molecular flexibility index (Phi) is 8.00. The second-order valence-corrected chi connectivity index (χ2v) is 12.0. The van der Waals surface area contributed by atoms with Gasteiger partial charge in [-0.05, 0) is 92.9 Å². The van der Waals surface area contributed by atoms with Crippen LogP contribution in [0.3, 0.4) is 0 Å². The number of benzene rings is 2. The van der Waals surface area contributed by atoms with Crippen LogP contribution in [-0.2, 0) is 15.9 Å². The van der Waals surface area contributed by atoms with Gasteiger partial charge in [-0.25, -0.2) is 9.59 Å². The number of hydrogen-bond acceptors (Lipinski definition) is 8. The highest BCUT2D eigenvalue weighted by Gasteiger charge is 2.29. The molecule has 1 heterocycles. The number of carbonyl (C=O) groups is 2. The molecule has 8 nitrogen and oxygen atoms in total. The molecule has 8 heteroatoms. The standard InChI is InChI=1S/C29H38O8/c1-27(2,3)35-19-12-10-18(11-13-19)22-15-14-21-23(33-22)16-20(32-25(30)36-28(4,5)6)17-24(21)34-26(31)37-29(7,8)9/h10-13,16-17,22H,14-15H2,1-9H3. The molecule has 2 aromatic carbocycles. The van der Waals surface area contributed by atoms with Crippen molar-refractivity contribution in [3.63, 3.8) is 0 Å². The van der Waals surface area contributed by atoms with Crippen LogP contribution >= 0.6 is 0 Å². The Labute approximate surface area is 219 Å². The summed E-state index contributed by atoms with van der Waals surface area (Å²) >= 11 is 0. The van der Waals surface area contributed by atoms with Crippen molar-refractivity contribution in [3.8, 4) is 23.0 Å². The van der Waals surface area contributed by atoms with Crippen LogP contribution in [0.4, 0.5) is 9.59 Å². The van der Waals surface area contributed by atoms with Gasteiger partial charge in [0, 0.05) is 17.7 Å². The highest BCUT2D eigenvalue weighted by Crippen LogP contribution is 2.43. The monoisotopic (exact) mass is 514 g/mol. The molecule has 0 aromatic heterocycles. The van der Waals surface area contributed by atoms with Gasteiger partial charge in [0.25, 0.3) is 0 Å². The van der Waals surface area contributed by atoms with E-state index in [4.69, 9.17) is 28.4 Å². The number of carbonyl (C=O) groups excluding carboxylic acids is 2. The van der Waals surface area contributed by atoms with Gasteiger partial charge >= 0.3 is 12.3 Å². The zero-order valence-electron chi connectivity index (χ0n) is 23.2. The average Bonchev–Trinajstić information content (AvgIpc) is 2.70. The first-order chi connectivity index (χ1) is 17.0. The van der Waals surface area contributed by atoms with Crippen molar-refractivity contribution < 1.29 is 38.0 Å². The summed E-state index contributed by atoms with van der Waals surface area (Å²) in [4.78, 5) is 24.7. The first-order valence-corrected chi connectivity index (χ1v) is 12.4. The molecular weight excluding hydrogens is 476 g/mol. The smallest absolute Gasteiger partial charge is 0.488 e. The van der Waals surface area contributed by atoms with Gasteiger partial charge < -0.3 is 28.4 Å². The molecule has 0 saturated carbocycles. The maximum Gasteiger partial charge on any atom is 0.514 e. The van der Waals surface area contributed by atoms with Gasteiger partial charge in [-0.1, -0.05) is 12.1 Å². The largest absolute Gasteiger partial charge is 0.514 e. The van der Waals surface area contributed by atoms with E-state index < -0.39 is 23.5 Å². The molecular formula is C29H38O8. The Bertz CT molecular complexity index is 1110. The van der Waals surface area contributed by atoms with Gasteiger partial charge in [0.15, 0.2) is 0 Å². The first kappa shape index (κ1) is 28.2. The van der Waals surface area contributed by atoms with E-state index in [1.807, 2.05) is 45.0 Å². The van der Waals surface area contributed by atoms with Crippen LogP contribution in [0.5, 0.6) is 23.0 Å². The Morgan fingerprint density at radius 1 is 0.757 bits per heavy atom. The minimum atomic E-state index is -0.877. The summed E-state index contributed by atoms with van der Waals surface area (Å²) in [5.74, 6) is 1.55. The third-order valence-electron chi connectivity index (χ3n) is 4.92. The summed E-state index contributed by atoms with van der Waals surface area (Å²) in [5, 5.41) is 0. The van der Waals surface area contributed by atoms with Crippen molar-refractivity contribution in [2.75, 3.05) is 0 Å². The lowest BCUT2D eigenvalue weighted by atomic mass is 9.96. The minimum Gasteiger partial charge on any atom is -0.488 e. The summed E-state index contributed by atoms with van der Waals surface area (Å²) < 4.78 is 33.7. The molecule has 0 spiro atoms. The molecule has 0 N–H and O–H groups in total. The van der Waals surface area contributed by atoms with Crippen molar-refractivity contribution >= 4 is 12.3 Å². The SMILES string of the molecule is CC(C)(C)OC(=O)Oc1cc(OC(=O)OC(C)(C)C)c2c(c1)OC(c1ccc(OC(C)(C)C)cc1)CC2. The van der Waals surface area contributed by atoms with Crippen molar-refractivity contribution in [1.82, 2.24) is 0 Å². The van der Waals surface area contributed by atoms with Crippen LogP contribution in [0.2, 0.25) is 0 Å². The van der Waals surface area contributed by atoms with E-state index >= 15 is 0 Å². The Morgan fingerprint density at radius 2 is 1.32 bits per heavy atom. The third kappa shape index (κ3) is 8.88. The fourth-order valence-corrected chi connectivity index (χ4v) is 3.65. The van der Waals surface area contributed by atoms with E-state index in [1.165, 1.54) is 6.07 Å². The van der Waals surface area contributed by atoms with Gasteiger partial charge in [0.1, 0.15) is 45.9 Å². The average molecular weight is 515 g/mol. The molecule has 3 rings (SSSR count). The van der Waals surface area contributed by atoms with Gasteiger partial charge in [-0.3, -0.25) is 0 Å². The summed E-state index contributed by atoms with van der Waals surface area (Å²) in [5.41, 5.74) is -0.0966. The molecule has 0 radical (unpaired) electrons. The van der Waals surface area contributed by atoms with E-state index in [1.54, 1.807) is 47.6 Å². The lowest BCUT2D eigenvalue weighted by molar-refractivity contribution is 0.0200. The van der Waals surface area contributed by atoms with Crippen molar-refractivity contribution in [1.29, 1.82) is 0 Å². The maximum atomic E-state index is 12.4. The second-order valence-electron chi connectivity index (χ2n) is 12.0. The number of rotatable bonds is 4. The van der Waals surface area contributed by atoms with Gasteiger partial charge in [0.2, 0.25) is 0 Å². The summed E-state index contributed by atoms with van der Waals surface area (Å²) in [7, 11) is 0. The minimum absolute atomic E-state index is 0.126. The molecule has 1 aliphatic rings. The Balaban J connectivity index is 1.87. The first-order valence-electron chi connectivity index (χ1n) is 12.4. The van der Waals surface area contributed by atoms with E-state index in [2.05, 4.69) is 0 Å². The predicted molar refractivity (Wildman–Crippen MR) is 139 cm³/mol. The van der Waals surface area contributed by atoms with Crippen LogP contribution < -0.4 is 18.9 Å². The van der Waals surface area contributed by atoms with Crippen molar-refractivity contribution in [2.45, 2.75) is 98.1 Å². The molecule has 1 aliphatic heterocycles. The van der Waals surface area contributed by atoms with E-state index in [9.17, 15) is 9.59 Å². The van der Waals surface area contributed by atoms with Gasteiger partial charge in [-0.2, -0.15) is 0 Å². The third-order valence-corrected chi connectivity index (χ3v) is 4.92. The summed E-state index contributed by atoms with van der Waals surface area (Å²) in [6.45, 7) is 16.4. The van der Waals surface area contributed by atoms with Crippen molar-refractivity contribution in [3.05, 3.63) is 47.5 Å². The molecule has 1 atom stereocenters. The molecule has 0 bridgehead atoms. The number of fused-ring (bicyclic) bond motifs is 1. The lowest BCUT2D eigenvalue weighted by Gasteiger charge is -2.29. The van der Waals surface area contributed by atoms with E-state index in [0.29, 0.717) is 24.2 Å². The fraction of sp³-hybridized carbons (Fsp3) is 0.517. The van der Waals surface area contributed by atoms with Crippen LogP contribution in [0.25, 0.3) is 0 Å². The highest BCUT2D eigenvalue weighted by atomic mass is 16.7. The molecule has 0 aliphatic carbocycles. The molecule has 0 fully saturated rings. The zero-order valence-corrected chi connectivity index (χ0v) is 23.2. The van der Waals surface area contributed by atoms with E-state index in [-0.39, 0.29) is 23.2 Å². The molecule has 1 unspecified atom stereocenters. The van der Waals surface area contributed by atoms with Crippen molar-refractivity contribution in [2.24, 2.45) is 0 Å². The topological polar surface area (TPSA) is 89.5 Å². The van der Waals surface area contributed by atoms with Crippen LogP contribution in [0, 0.1) is 0 Å². The zero-order chi connectivity index (χ0) is 27.6. The molecule has 0 amide bonds. The predicted octanol–water partition coefficient (Wildman–Crippen LogP) is 7.56. The van der Waals surface area contributed by atoms with Gasteiger partial charge in [0.05, 0.1) is 0 Å². The second kappa shape index (κ2) is 10.5. The summed E-state index contributed by atoms with van der Waals surface area (Å²) in [6, 6.07) is 10.8. The Morgan fingerprint density at radius 3 is 1.86 bits per heavy atom.